The van der Waals surface area contributed by atoms with Gasteiger partial charge in [0.1, 0.15) is 11.7 Å². The molecule has 0 aliphatic carbocycles. The van der Waals surface area contributed by atoms with Crippen LogP contribution in [0.4, 0.5) is 0 Å². The molecule has 2 N–H and O–H groups in total. The van der Waals surface area contributed by atoms with Gasteiger partial charge in [-0.3, -0.25) is 4.79 Å². The van der Waals surface area contributed by atoms with Gasteiger partial charge in [-0.25, -0.2) is 9.78 Å². The molecule has 1 amide bonds. The van der Waals surface area contributed by atoms with Gasteiger partial charge in [0.2, 0.25) is 5.91 Å². The molecule has 2 heterocycles. The molecule has 0 spiro atoms. The molecule has 22 heavy (non-hydrogen) atoms. The van der Waals surface area contributed by atoms with E-state index in [1.54, 1.807) is 6.20 Å². The number of hydrogen-bond donors (Lipinski definition) is 2. The fourth-order valence-corrected chi connectivity index (χ4v) is 2.36. The molecule has 0 saturated heterocycles. The average Bonchev–Trinajstić information content (AvgIpc) is 2.87. The number of rotatable bonds is 6. The second kappa shape index (κ2) is 6.60. The Balaban J connectivity index is 2.10. The Morgan fingerprint density at radius 1 is 1.45 bits per heavy atom. The second-order valence-corrected chi connectivity index (χ2v) is 5.60. The van der Waals surface area contributed by atoms with Crippen LogP contribution in [0.5, 0.6) is 0 Å². The highest BCUT2D eigenvalue weighted by Gasteiger charge is 2.25. The lowest BCUT2D eigenvalue weighted by molar-refractivity contribution is -0.143. The van der Waals surface area contributed by atoms with E-state index in [2.05, 4.69) is 10.3 Å². The van der Waals surface area contributed by atoms with E-state index in [-0.39, 0.29) is 18.2 Å². The predicted octanol–water partition coefficient (Wildman–Crippen LogP) is 1.80. The van der Waals surface area contributed by atoms with E-state index in [1.165, 1.54) is 0 Å². The number of nitrogens with zero attached hydrogens (tertiary/aromatic N) is 2. The Bertz CT molecular complexity index is 693. The second-order valence-electron chi connectivity index (χ2n) is 5.60. The summed E-state index contributed by atoms with van der Waals surface area (Å²) >= 11 is 0. The smallest absolute Gasteiger partial charge is 0.326 e. The van der Waals surface area contributed by atoms with Crippen LogP contribution in [-0.4, -0.2) is 32.4 Å². The number of aryl methyl sites for hydroxylation is 1. The maximum absolute atomic E-state index is 12.1. The molecule has 6 heteroatoms. The highest BCUT2D eigenvalue weighted by molar-refractivity contribution is 5.84. The first-order valence-electron chi connectivity index (χ1n) is 7.37. The van der Waals surface area contributed by atoms with E-state index >= 15 is 0 Å². The Labute approximate surface area is 129 Å². The summed E-state index contributed by atoms with van der Waals surface area (Å²) in [6, 6.07) is 3.00. The fraction of sp³-hybridized carbons (Fsp3) is 0.438. The molecule has 0 fully saturated rings. The highest BCUT2D eigenvalue weighted by Crippen LogP contribution is 2.11. The van der Waals surface area contributed by atoms with Crippen LogP contribution in [0.3, 0.4) is 0 Å². The maximum atomic E-state index is 12.1. The fourth-order valence-electron chi connectivity index (χ4n) is 2.36. The minimum Gasteiger partial charge on any atom is -0.480 e. The number of imidazole rings is 1. The summed E-state index contributed by atoms with van der Waals surface area (Å²) in [6.07, 6.45) is 4.42. The molecule has 0 radical (unpaired) electrons. The van der Waals surface area contributed by atoms with E-state index in [4.69, 9.17) is 0 Å². The number of carbonyl (C=O) groups excluding carboxylic acids is 1. The Kier molecular flexibility index (Phi) is 4.80. The van der Waals surface area contributed by atoms with E-state index in [1.807, 2.05) is 43.5 Å². The van der Waals surface area contributed by atoms with Crippen LogP contribution in [0.15, 0.2) is 24.5 Å². The van der Waals surface area contributed by atoms with Crippen molar-refractivity contribution in [1.82, 2.24) is 14.7 Å². The van der Waals surface area contributed by atoms with Gasteiger partial charge in [0.25, 0.3) is 0 Å². The lowest BCUT2D eigenvalue weighted by Crippen LogP contribution is -2.45. The molecule has 118 valence electrons. The van der Waals surface area contributed by atoms with Crippen molar-refractivity contribution < 1.29 is 14.7 Å². The SMILES string of the molecule is CC[C@H](C)[C@H](NC(=O)Cc1cn2cccc(C)c2n1)C(=O)O. The molecule has 0 saturated carbocycles. The van der Waals surface area contributed by atoms with Gasteiger partial charge < -0.3 is 14.8 Å². The van der Waals surface area contributed by atoms with Gasteiger partial charge in [-0.15, -0.1) is 0 Å². The lowest BCUT2D eigenvalue weighted by Gasteiger charge is -2.19. The van der Waals surface area contributed by atoms with Crippen molar-refractivity contribution in [3.8, 4) is 0 Å². The van der Waals surface area contributed by atoms with E-state index in [9.17, 15) is 14.7 Å². The summed E-state index contributed by atoms with van der Waals surface area (Å²) in [4.78, 5) is 27.7. The zero-order valence-corrected chi connectivity index (χ0v) is 13.0. The molecule has 2 aromatic rings. The Morgan fingerprint density at radius 3 is 2.77 bits per heavy atom. The number of carbonyl (C=O) groups is 2. The number of nitrogens with one attached hydrogen (secondary N) is 1. The van der Waals surface area contributed by atoms with Crippen LogP contribution in [0, 0.1) is 12.8 Å². The number of aliphatic carboxylic acids is 1. The average molecular weight is 303 g/mol. The summed E-state index contributed by atoms with van der Waals surface area (Å²) in [5.41, 5.74) is 2.46. The topological polar surface area (TPSA) is 83.7 Å². The minimum atomic E-state index is -1.01. The number of fused-ring (bicyclic) bond motifs is 1. The van der Waals surface area contributed by atoms with Crippen LogP contribution in [0.1, 0.15) is 31.5 Å². The van der Waals surface area contributed by atoms with Gasteiger partial charge in [0, 0.05) is 12.4 Å². The van der Waals surface area contributed by atoms with Crippen LogP contribution < -0.4 is 5.32 Å². The monoisotopic (exact) mass is 303 g/mol. The molecule has 6 nitrogen and oxygen atoms in total. The molecule has 2 atom stereocenters. The standard InChI is InChI=1S/C16H21N3O3/c1-4-10(2)14(16(21)22)18-13(20)8-12-9-19-7-5-6-11(3)15(19)17-12/h5-7,9-10,14H,4,8H2,1-3H3,(H,18,20)(H,21,22)/t10-,14-/m0/s1. The summed E-state index contributed by atoms with van der Waals surface area (Å²) in [7, 11) is 0. The third-order valence-electron chi connectivity index (χ3n) is 3.86. The predicted molar refractivity (Wildman–Crippen MR) is 82.7 cm³/mol. The van der Waals surface area contributed by atoms with Gasteiger partial charge in [-0.1, -0.05) is 26.3 Å². The van der Waals surface area contributed by atoms with E-state index in [0.717, 1.165) is 11.2 Å². The van der Waals surface area contributed by atoms with Crippen molar-refractivity contribution in [3.05, 3.63) is 35.8 Å². The molecule has 0 unspecified atom stereocenters. The number of amides is 1. The normalized spacial score (nSPS) is 13.8. The molecule has 2 rings (SSSR count). The van der Waals surface area contributed by atoms with Crippen molar-refractivity contribution >= 4 is 17.5 Å². The third kappa shape index (κ3) is 3.44. The summed E-state index contributed by atoms with van der Waals surface area (Å²) in [5, 5.41) is 11.8. The van der Waals surface area contributed by atoms with Crippen LogP contribution in [0.2, 0.25) is 0 Å². The maximum Gasteiger partial charge on any atom is 0.326 e. The van der Waals surface area contributed by atoms with Gasteiger partial charge >= 0.3 is 5.97 Å². The first kappa shape index (κ1) is 16.0. The number of pyridine rings is 1. The molecule has 0 aromatic carbocycles. The lowest BCUT2D eigenvalue weighted by atomic mass is 9.99. The first-order valence-corrected chi connectivity index (χ1v) is 7.37. The van der Waals surface area contributed by atoms with Crippen molar-refractivity contribution in [2.24, 2.45) is 5.92 Å². The number of carboxylic acids is 1. The molecular formula is C16H21N3O3. The molecule has 0 bridgehead atoms. The van der Waals surface area contributed by atoms with Gasteiger partial charge in [0.15, 0.2) is 0 Å². The quantitative estimate of drug-likeness (QED) is 0.852. The largest absolute Gasteiger partial charge is 0.480 e. The summed E-state index contributed by atoms with van der Waals surface area (Å²) in [6.45, 7) is 5.67. The highest BCUT2D eigenvalue weighted by atomic mass is 16.4. The molecule has 0 aliphatic heterocycles. The van der Waals surface area contributed by atoms with Crippen molar-refractivity contribution in [2.75, 3.05) is 0 Å². The van der Waals surface area contributed by atoms with E-state index in [0.29, 0.717) is 12.1 Å². The van der Waals surface area contributed by atoms with Crippen LogP contribution in [0.25, 0.3) is 5.65 Å². The van der Waals surface area contributed by atoms with Gasteiger partial charge in [0.05, 0.1) is 12.1 Å². The van der Waals surface area contributed by atoms with Gasteiger partial charge in [-0.2, -0.15) is 0 Å². The zero-order valence-electron chi connectivity index (χ0n) is 13.0. The van der Waals surface area contributed by atoms with E-state index < -0.39 is 12.0 Å². The number of hydrogen-bond acceptors (Lipinski definition) is 3. The third-order valence-corrected chi connectivity index (χ3v) is 3.86. The van der Waals surface area contributed by atoms with Gasteiger partial charge in [-0.05, 0) is 24.5 Å². The number of carboxylic acid groups (broad SMARTS) is 1. The summed E-state index contributed by atoms with van der Waals surface area (Å²) < 4.78 is 1.86. The van der Waals surface area contributed by atoms with Crippen molar-refractivity contribution in [3.63, 3.8) is 0 Å². The first-order chi connectivity index (χ1) is 10.4. The molecule has 2 aromatic heterocycles. The Hall–Kier alpha value is -2.37. The number of aromatic nitrogens is 2. The summed E-state index contributed by atoms with van der Waals surface area (Å²) in [5.74, 6) is -1.45. The van der Waals surface area contributed by atoms with Crippen molar-refractivity contribution in [1.29, 1.82) is 0 Å². The van der Waals surface area contributed by atoms with Crippen molar-refractivity contribution in [2.45, 2.75) is 39.7 Å². The Morgan fingerprint density at radius 2 is 2.18 bits per heavy atom. The van der Waals surface area contributed by atoms with Crippen LogP contribution in [-0.2, 0) is 16.0 Å². The molecule has 0 aliphatic rings. The molecular weight excluding hydrogens is 282 g/mol. The zero-order chi connectivity index (χ0) is 16.3. The minimum absolute atomic E-state index is 0.0708. The van der Waals surface area contributed by atoms with Crippen LogP contribution >= 0.6 is 0 Å².